The molecule has 0 amide bonds. The molecular weight excluding hydrogens is 248 g/mol. The lowest BCUT2D eigenvalue weighted by atomic mass is 10.4. The Balaban J connectivity index is 2.14. The molecule has 1 aliphatic heterocycles. The molecule has 0 aromatic heterocycles. The second-order valence-electron chi connectivity index (χ2n) is 3.74. The predicted molar refractivity (Wildman–Crippen MR) is 62.6 cm³/mol. The average molecular weight is 261 g/mol. The highest BCUT2D eigenvalue weighted by atomic mass is 35.5. The van der Waals surface area contributed by atoms with E-state index in [4.69, 9.17) is 11.6 Å². The second kappa shape index (κ2) is 4.71. The maximum atomic E-state index is 11.9. The monoisotopic (exact) mass is 260 g/mol. The summed E-state index contributed by atoms with van der Waals surface area (Å²) < 4.78 is 23.8. The van der Waals surface area contributed by atoms with Gasteiger partial charge < -0.3 is 0 Å². The number of hydrogen-bond acceptors (Lipinski definition) is 3. The van der Waals surface area contributed by atoms with E-state index in [2.05, 4.69) is 4.83 Å². The van der Waals surface area contributed by atoms with E-state index in [1.165, 1.54) is 12.1 Å². The number of nitrogens with zero attached hydrogens (tertiary/aromatic N) is 1. The third-order valence-electron chi connectivity index (χ3n) is 2.48. The van der Waals surface area contributed by atoms with E-state index < -0.39 is 10.0 Å². The van der Waals surface area contributed by atoms with E-state index in [1.807, 2.05) is 0 Å². The van der Waals surface area contributed by atoms with Crippen LogP contribution in [0.1, 0.15) is 12.8 Å². The lowest BCUT2D eigenvalue weighted by molar-refractivity contribution is 0.300. The summed E-state index contributed by atoms with van der Waals surface area (Å²) in [6.07, 6.45) is 2.06. The molecule has 0 saturated carbocycles. The fraction of sp³-hybridized carbons (Fsp3) is 0.400. The fourth-order valence-corrected chi connectivity index (χ4v) is 2.89. The van der Waals surface area contributed by atoms with Gasteiger partial charge in [-0.3, -0.25) is 0 Å². The van der Waals surface area contributed by atoms with Crippen LogP contribution in [-0.4, -0.2) is 26.5 Å². The lowest BCUT2D eigenvalue weighted by Gasteiger charge is -2.16. The minimum absolute atomic E-state index is 0.240. The highest BCUT2D eigenvalue weighted by Crippen LogP contribution is 2.15. The van der Waals surface area contributed by atoms with Gasteiger partial charge in [0.25, 0.3) is 10.0 Å². The second-order valence-corrected chi connectivity index (χ2v) is 5.84. The van der Waals surface area contributed by atoms with E-state index in [-0.39, 0.29) is 4.90 Å². The van der Waals surface area contributed by atoms with Gasteiger partial charge in [0.2, 0.25) is 0 Å². The molecule has 4 nitrogen and oxygen atoms in total. The molecule has 6 heteroatoms. The van der Waals surface area contributed by atoms with Crippen molar-refractivity contribution in [2.75, 3.05) is 13.1 Å². The zero-order chi connectivity index (χ0) is 11.6. The molecule has 0 spiro atoms. The van der Waals surface area contributed by atoms with Crippen LogP contribution < -0.4 is 4.83 Å². The molecule has 0 radical (unpaired) electrons. The van der Waals surface area contributed by atoms with Crippen molar-refractivity contribution in [3.8, 4) is 0 Å². The molecule has 1 saturated heterocycles. The molecule has 1 aromatic carbocycles. The maximum absolute atomic E-state index is 11.9. The quantitative estimate of drug-likeness (QED) is 0.899. The van der Waals surface area contributed by atoms with Crippen molar-refractivity contribution >= 4 is 21.6 Å². The number of benzene rings is 1. The third kappa shape index (κ3) is 2.74. The highest BCUT2D eigenvalue weighted by Gasteiger charge is 2.20. The molecular formula is C10H13ClN2O2S. The van der Waals surface area contributed by atoms with Gasteiger partial charge >= 0.3 is 0 Å². The van der Waals surface area contributed by atoms with E-state index in [1.54, 1.807) is 17.1 Å². The Labute approximate surface area is 100 Å². The Hall–Kier alpha value is -0.620. The van der Waals surface area contributed by atoms with E-state index in [0.29, 0.717) is 5.02 Å². The first-order valence-corrected chi connectivity index (χ1v) is 6.97. The van der Waals surface area contributed by atoms with E-state index in [9.17, 15) is 8.42 Å². The number of halogens is 1. The Kier molecular flexibility index (Phi) is 3.49. The molecule has 0 atom stereocenters. The zero-order valence-corrected chi connectivity index (χ0v) is 10.3. The van der Waals surface area contributed by atoms with E-state index >= 15 is 0 Å². The summed E-state index contributed by atoms with van der Waals surface area (Å²) in [5, 5.41) is 2.25. The summed E-state index contributed by atoms with van der Waals surface area (Å²) in [6.45, 7) is 1.54. The normalized spacial score (nSPS) is 17.8. The zero-order valence-electron chi connectivity index (χ0n) is 8.69. The first-order valence-electron chi connectivity index (χ1n) is 5.11. The topological polar surface area (TPSA) is 49.4 Å². The molecule has 88 valence electrons. The number of hydrazine groups is 1. The summed E-state index contributed by atoms with van der Waals surface area (Å²) in [6, 6.07) is 6.14. The number of hydrogen-bond donors (Lipinski definition) is 1. The van der Waals surface area contributed by atoms with Crippen LogP contribution in [0.3, 0.4) is 0 Å². The van der Waals surface area contributed by atoms with Crippen LogP contribution in [0.5, 0.6) is 0 Å². The van der Waals surface area contributed by atoms with Crippen LogP contribution in [0, 0.1) is 0 Å². The van der Waals surface area contributed by atoms with Crippen molar-refractivity contribution in [1.82, 2.24) is 9.84 Å². The highest BCUT2D eigenvalue weighted by molar-refractivity contribution is 7.89. The van der Waals surface area contributed by atoms with Crippen LogP contribution in [-0.2, 0) is 10.0 Å². The fourth-order valence-electron chi connectivity index (χ4n) is 1.64. The number of rotatable bonds is 3. The lowest BCUT2D eigenvalue weighted by Crippen LogP contribution is -2.39. The standard InChI is InChI=1S/C10H13ClN2O2S/c11-9-3-5-10(6-4-9)16(14,15)12-13-7-1-2-8-13/h3-6,12H,1-2,7-8H2. The van der Waals surface area contributed by atoms with Crippen molar-refractivity contribution in [3.05, 3.63) is 29.3 Å². The molecule has 1 heterocycles. The van der Waals surface area contributed by atoms with Crippen molar-refractivity contribution in [2.24, 2.45) is 0 Å². The van der Waals surface area contributed by atoms with Gasteiger partial charge in [0, 0.05) is 18.1 Å². The van der Waals surface area contributed by atoms with E-state index in [0.717, 1.165) is 25.9 Å². The summed E-state index contributed by atoms with van der Waals surface area (Å²) in [5.74, 6) is 0. The van der Waals surface area contributed by atoms with Crippen molar-refractivity contribution < 1.29 is 8.42 Å². The van der Waals surface area contributed by atoms with Crippen molar-refractivity contribution in [2.45, 2.75) is 17.7 Å². The maximum Gasteiger partial charge on any atom is 0.253 e. The van der Waals surface area contributed by atoms with Crippen LogP contribution in [0.15, 0.2) is 29.2 Å². The summed E-state index contributed by atoms with van der Waals surface area (Å²) >= 11 is 5.71. The minimum Gasteiger partial charge on any atom is -0.230 e. The van der Waals surface area contributed by atoms with Crippen LogP contribution in [0.2, 0.25) is 5.02 Å². The van der Waals surface area contributed by atoms with Crippen LogP contribution >= 0.6 is 11.6 Å². The molecule has 2 rings (SSSR count). The van der Waals surface area contributed by atoms with Crippen LogP contribution in [0.4, 0.5) is 0 Å². The Bertz CT molecular complexity index is 452. The Morgan fingerprint density at radius 3 is 2.25 bits per heavy atom. The SMILES string of the molecule is O=S(=O)(NN1CCCC1)c1ccc(Cl)cc1. The van der Waals surface area contributed by atoms with Crippen molar-refractivity contribution in [3.63, 3.8) is 0 Å². The smallest absolute Gasteiger partial charge is 0.230 e. The largest absolute Gasteiger partial charge is 0.253 e. The Morgan fingerprint density at radius 1 is 1.12 bits per heavy atom. The molecule has 0 unspecified atom stereocenters. The van der Waals surface area contributed by atoms with Gasteiger partial charge in [-0.05, 0) is 37.1 Å². The molecule has 1 aromatic rings. The predicted octanol–water partition coefficient (Wildman–Crippen LogP) is 1.63. The first kappa shape index (κ1) is 11.9. The molecule has 0 bridgehead atoms. The van der Waals surface area contributed by atoms with Gasteiger partial charge in [0.05, 0.1) is 4.90 Å². The Morgan fingerprint density at radius 2 is 1.69 bits per heavy atom. The number of sulfonamides is 1. The van der Waals surface area contributed by atoms with Gasteiger partial charge in [-0.15, -0.1) is 4.83 Å². The first-order chi connectivity index (χ1) is 7.58. The molecule has 0 aliphatic carbocycles. The number of nitrogens with one attached hydrogen (secondary N) is 1. The summed E-state index contributed by atoms with van der Waals surface area (Å²) in [4.78, 5) is 2.79. The molecule has 16 heavy (non-hydrogen) atoms. The molecule has 1 fully saturated rings. The minimum atomic E-state index is -3.44. The molecule has 1 N–H and O–H groups in total. The van der Waals surface area contributed by atoms with Gasteiger partial charge in [0.1, 0.15) is 0 Å². The summed E-state index contributed by atoms with van der Waals surface area (Å²) in [5.41, 5.74) is 0. The van der Waals surface area contributed by atoms with Crippen LogP contribution in [0.25, 0.3) is 0 Å². The molecule has 1 aliphatic rings. The average Bonchev–Trinajstić information content (AvgIpc) is 2.70. The summed E-state index contributed by atoms with van der Waals surface area (Å²) in [7, 11) is -3.44. The van der Waals surface area contributed by atoms with Gasteiger partial charge in [-0.2, -0.15) is 0 Å². The van der Waals surface area contributed by atoms with Gasteiger partial charge in [0.15, 0.2) is 0 Å². The van der Waals surface area contributed by atoms with Gasteiger partial charge in [-0.25, -0.2) is 13.4 Å². The van der Waals surface area contributed by atoms with Gasteiger partial charge in [-0.1, -0.05) is 11.6 Å². The third-order valence-corrected chi connectivity index (χ3v) is 4.12. The van der Waals surface area contributed by atoms with Crippen molar-refractivity contribution in [1.29, 1.82) is 0 Å².